The van der Waals surface area contributed by atoms with Crippen LogP contribution in [0.15, 0.2) is 30.3 Å². The Labute approximate surface area is 143 Å². The molecule has 1 amide bonds. The molecule has 0 radical (unpaired) electrons. The Morgan fingerprint density at radius 3 is 2.42 bits per heavy atom. The van der Waals surface area contributed by atoms with Gasteiger partial charge in [-0.3, -0.25) is 4.79 Å². The molecule has 1 heterocycles. The van der Waals surface area contributed by atoms with Crippen molar-refractivity contribution in [2.24, 2.45) is 5.92 Å². The quantitative estimate of drug-likeness (QED) is 0.853. The van der Waals surface area contributed by atoms with Gasteiger partial charge in [-0.25, -0.2) is 9.97 Å². The number of benzene rings is 1. The van der Waals surface area contributed by atoms with Crippen molar-refractivity contribution in [2.45, 2.75) is 20.8 Å². The van der Waals surface area contributed by atoms with E-state index < -0.39 is 0 Å². The lowest BCUT2D eigenvalue weighted by Gasteiger charge is -2.13. The summed E-state index contributed by atoms with van der Waals surface area (Å²) in [6.07, 6.45) is 0. The molecular weight excluding hydrogens is 302 g/mol. The highest BCUT2D eigenvalue weighted by molar-refractivity contribution is 5.92. The number of aryl methyl sites for hydroxylation is 1. The normalized spacial score (nSPS) is 10.6. The minimum atomic E-state index is -0.180. The predicted octanol–water partition coefficient (Wildman–Crippen LogP) is 2.98. The molecular formula is C18H25N5O. The van der Waals surface area contributed by atoms with E-state index in [-0.39, 0.29) is 5.91 Å². The third-order valence-electron chi connectivity index (χ3n) is 3.40. The fraction of sp³-hybridized carbons (Fsp3) is 0.389. The highest BCUT2D eigenvalue weighted by Gasteiger charge is 2.11. The largest absolute Gasteiger partial charge is 0.378 e. The van der Waals surface area contributed by atoms with Crippen LogP contribution >= 0.6 is 0 Å². The average Bonchev–Trinajstić information content (AvgIpc) is 2.52. The summed E-state index contributed by atoms with van der Waals surface area (Å²) in [5.74, 6) is 0.632. The van der Waals surface area contributed by atoms with Crippen molar-refractivity contribution in [3.05, 3.63) is 41.7 Å². The van der Waals surface area contributed by atoms with Crippen LogP contribution in [0.5, 0.6) is 0 Å². The highest BCUT2D eigenvalue weighted by atomic mass is 16.1. The van der Waals surface area contributed by atoms with Gasteiger partial charge < -0.3 is 15.5 Å². The Morgan fingerprint density at radius 1 is 1.17 bits per heavy atom. The lowest BCUT2D eigenvalue weighted by molar-refractivity contribution is 0.0944. The van der Waals surface area contributed by atoms with Gasteiger partial charge in [-0.2, -0.15) is 0 Å². The van der Waals surface area contributed by atoms with Crippen molar-refractivity contribution in [3.8, 4) is 0 Å². The van der Waals surface area contributed by atoms with E-state index in [1.54, 1.807) is 6.07 Å². The Kier molecular flexibility index (Phi) is 5.73. The van der Waals surface area contributed by atoms with Crippen LogP contribution in [0.25, 0.3) is 0 Å². The molecule has 1 aromatic heterocycles. The number of carbonyl (C=O) groups is 1. The molecule has 1 aromatic carbocycles. The Hall–Kier alpha value is -2.63. The van der Waals surface area contributed by atoms with Crippen molar-refractivity contribution in [1.29, 1.82) is 0 Å². The first kappa shape index (κ1) is 17.7. The zero-order valence-corrected chi connectivity index (χ0v) is 14.9. The number of nitrogens with one attached hydrogen (secondary N) is 2. The van der Waals surface area contributed by atoms with Crippen LogP contribution in [0.1, 0.15) is 30.0 Å². The van der Waals surface area contributed by atoms with Crippen molar-refractivity contribution in [2.75, 3.05) is 30.9 Å². The maximum Gasteiger partial charge on any atom is 0.270 e. The van der Waals surface area contributed by atoms with Crippen LogP contribution in [0.2, 0.25) is 0 Å². The van der Waals surface area contributed by atoms with Crippen LogP contribution in [0, 0.1) is 12.8 Å². The molecule has 2 rings (SSSR count). The Morgan fingerprint density at radius 2 is 1.83 bits per heavy atom. The van der Waals surface area contributed by atoms with Crippen LogP contribution in [0.4, 0.5) is 17.3 Å². The summed E-state index contributed by atoms with van der Waals surface area (Å²) >= 11 is 0. The minimum Gasteiger partial charge on any atom is -0.378 e. The van der Waals surface area contributed by atoms with Gasteiger partial charge in [0.25, 0.3) is 5.91 Å². The maximum absolute atomic E-state index is 12.2. The second kappa shape index (κ2) is 7.77. The lowest BCUT2D eigenvalue weighted by Crippen LogP contribution is -2.28. The average molecular weight is 327 g/mol. The summed E-state index contributed by atoms with van der Waals surface area (Å²) < 4.78 is 0. The smallest absolute Gasteiger partial charge is 0.270 e. The summed E-state index contributed by atoms with van der Waals surface area (Å²) in [7, 11) is 3.99. The molecule has 128 valence electrons. The number of hydrogen-bond donors (Lipinski definition) is 2. The molecule has 0 aliphatic rings. The van der Waals surface area contributed by atoms with Gasteiger partial charge >= 0.3 is 0 Å². The van der Waals surface area contributed by atoms with Crippen LogP contribution in [-0.4, -0.2) is 36.5 Å². The standard InChI is InChI=1S/C18H25N5O/c1-12(2)11-19-17(24)16-10-13(3)20-18(22-16)21-14-6-8-15(9-7-14)23(4)5/h6-10,12H,11H2,1-5H3,(H,19,24)(H,20,21,22). The van der Waals surface area contributed by atoms with Gasteiger partial charge in [0.15, 0.2) is 0 Å². The first-order chi connectivity index (χ1) is 11.3. The molecule has 0 bridgehead atoms. The Balaban J connectivity index is 2.14. The van der Waals surface area contributed by atoms with Crippen molar-refractivity contribution in [1.82, 2.24) is 15.3 Å². The van der Waals surface area contributed by atoms with Gasteiger partial charge in [0.05, 0.1) is 0 Å². The summed E-state index contributed by atoms with van der Waals surface area (Å²) in [6, 6.07) is 9.62. The van der Waals surface area contributed by atoms with Gasteiger partial charge in [0, 0.05) is 37.7 Å². The number of nitrogens with zero attached hydrogens (tertiary/aromatic N) is 3. The molecule has 0 saturated carbocycles. The number of amides is 1. The van der Waals surface area contributed by atoms with E-state index in [1.807, 2.05) is 50.2 Å². The molecule has 6 heteroatoms. The summed E-state index contributed by atoms with van der Waals surface area (Å²) in [5, 5.41) is 6.02. The van der Waals surface area contributed by atoms with E-state index in [0.717, 1.165) is 17.1 Å². The summed E-state index contributed by atoms with van der Waals surface area (Å²) in [5.41, 5.74) is 3.10. The van der Waals surface area contributed by atoms with E-state index in [9.17, 15) is 4.79 Å². The van der Waals surface area contributed by atoms with Gasteiger partial charge in [0.2, 0.25) is 5.95 Å². The van der Waals surface area contributed by atoms with E-state index in [1.165, 1.54) is 0 Å². The number of rotatable bonds is 6. The molecule has 0 atom stereocenters. The molecule has 0 aliphatic heterocycles. The zero-order chi connectivity index (χ0) is 17.7. The molecule has 0 aliphatic carbocycles. The monoisotopic (exact) mass is 327 g/mol. The minimum absolute atomic E-state index is 0.180. The van der Waals surface area contributed by atoms with Crippen LogP contribution < -0.4 is 15.5 Å². The molecule has 0 fully saturated rings. The first-order valence-corrected chi connectivity index (χ1v) is 8.03. The second-order valence-electron chi connectivity index (χ2n) is 6.39. The predicted molar refractivity (Wildman–Crippen MR) is 98.0 cm³/mol. The second-order valence-corrected chi connectivity index (χ2v) is 6.39. The summed E-state index contributed by atoms with van der Waals surface area (Å²) in [6.45, 7) is 6.57. The Bertz CT molecular complexity index is 695. The SMILES string of the molecule is Cc1cc(C(=O)NCC(C)C)nc(Nc2ccc(N(C)C)cc2)n1. The van der Waals surface area contributed by atoms with E-state index in [2.05, 4.69) is 34.4 Å². The summed E-state index contributed by atoms with van der Waals surface area (Å²) in [4.78, 5) is 22.9. The van der Waals surface area contributed by atoms with E-state index in [0.29, 0.717) is 24.1 Å². The number of aromatic nitrogens is 2. The number of anilines is 3. The molecule has 2 N–H and O–H groups in total. The van der Waals surface area contributed by atoms with Gasteiger partial charge in [-0.15, -0.1) is 0 Å². The number of hydrogen-bond acceptors (Lipinski definition) is 5. The van der Waals surface area contributed by atoms with Gasteiger partial charge in [-0.05, 0) is 43.2 Å². The van der Waals surface area contributed by atoms with Crippen LogP contribution in [-0.2, 0) is 0 Å². The third kappa shape index (κ3) is 4.94. The molecule has 0 spiro atoms. The van der Waals surface area contributed by atoms with Gasteiger partial charge in [-0.1, -0.05) is 13.8 Å². The molecule has 6 nitrogen and oxygen atoms in total. The highest BCUT2D eigenvalue weighted by Crippen LogP contribution is 2.18. The molecule has 24 heavy (non-hydrogen) atoms. The zero-order valence-electron chi connectivity index (χ0n) is 14.9. The molecule has 2 aromatic rings. The van der Waals surface area contributed by atoms with E-state index in [4.69, 9.17) is 0 Å². The molecule has 0 saturated heterocycles. The lowest BCUT2D eigenvalue weighted by atomic mass is 10.2. The fourth-order valence-corrected chi connectivity index (χ4v) is 2.10. The van der Waals surface area contributed by atoms with Crippen molar-refractivity contribution in [3.63, 3.8) is 0 Å². The van der Waals surface area contributed by atoms with Gasteiger partial charge in [0.1, 0.15) is 5.69 Å². The third-order valence-corrected chi connectivity index (χ3v) is 3.40. The van der Waals surface area contributed by atoms with E-state index >= 15 is 0 Å². The maximum atomic E-state index is 12.2. The van der Waals surface area contributed by atoms with Crippen LogP contribution in [0.3, 0.4) is 0 Å². The topological polar surface area (TPSA) is 70.2 Å². The van der Waals surface area contributed by atoms with Crippen molar-refractivity contribution >= 4 is 23.2 Å². The van der Waals surface area contributed by atoms with Crippen molar-refractivity contribution < 1.29 is 4.79 Å². The first-order valence-electron chi connectivity index (χ1n) is 8.03. The molecule has 0 unspecified atom stereocenters. The number of carbonyl (C=O) groups excluding carboxylic acids is 1. The fourth-order valence-electron chi connectivity index (χ4n) is 2.10.